The highest BCUT2D eigenvalue weighted by molar-refractivity contribution is 6.31. The van der Waals surface area contributed by atoms with E-state index in [9.17, 15) is 14.0 Å². The average molecular weight is 429 g/mol. The molecule has 0 unspecified atom stereocenters. The molecule has 3 aromatic carbocycles. The Bertz CT molecular complexity index is 1010. The van der Waals surface area contributed by atoms with Gasteiger partial charge in [0.1, 0.15) is 23.9 Å². The van der Waals surface area contributed by atoms with Crippen molar-refractivity contribution < 1.29 is 23.5 Å². The summed E-state index contributed by atoms with van der Waals surface area (Å²) in [6.45, 7) is 0.0961. The number of carbonyl (C=O) groups is 2. The van der Waals surface area contributed by atoms with E-state index in [1.807, 2.05) is 30.3 Å². The van der Waals surface area contributed by atoms with Gasteiger partial charge in [0.2, 0.25) is 0 Å². The lowest BCUT2D eigenvalue weighted by Gasteiger charge is -2.10. The first kappa shape index (κ1) is 21.1. The molecule has 8 heteroatoms. The van der Waals surface area contributed by atoms with Crippen LogP contribution >= 0.6 is 11.6 Å². The fourth-order valence-corrected chi connectivity index (χ4v) is 2.60. The summed E-state index contributed by atoms with van der Waals surface area (Å²) in [4.78, 5) is 23.8. The highest BCUT2D eigenvalue weighted by Gasteiger charge is 2.13. The van der Waals surface area contributed by atoms with Crippen LogP contribution in [0.2, 0.25) is 5.02 Å². The van der Waals surface area contributed by atoms with E-state index < -0.39 is 17.6 Å². The molecule has 0 saturated carbocycles. The molecule has 0 saturated heterocycles. The Kier molecular flexibility index (Phi) is 7.24. The zero-order valence-electron chi connectivity index (χ0n) is 15.7. The van der Waals surface area contributed by atoms with E-state index >= 15 is 0 Å². The van der Waals surface area contributed by atoms with Crippen LogP contribution in [-0.2, 0) is 11.4 Å². The van der Waals surface area contributed by atoms with E-state index in [2.05, 4.69) is 10.9 Å². The molecule has 0 bridgehead atoms. The van der Waals surface area contributed by atoms with Crippen LogP contribution in [0.15, 0.2) is 72.8 Å². The van der Waals surface area contributed by atoms with Crippen molar-refractivity contribution in [3.63, 3.8) is 0 Å². The quantitative estimate of drug-likeness (QED) is 0.560. The number of ether oxygens (including phenoxy) is 2. The van der Waals surface area contributed by atoms with E-state index in [-0.39, 0.29) is 17.2 Å². The second-order valence-corrected chi connectivity index (χ2v) is 6.60. The Balaban J connectivity index is 1.42. The topological polar surface area (TPSA) is 76.7 Å². The van der Waals surface area contributed by atoms with Gasteiger partial charge < -0.3 is 9.47 Å². The van der Waals surface area contributed by atoms with Gasteiger partial charge in [-0.1, -0.05) is 41.9 Å². The second kappa shape index (κ2) is 10.3. The van der Waals surface area contributed by atoms with Crippen molar-refractivity contribution >= 4 is 23.4 Å². The van der Waals surface area contributed by atoms with Crippen molar-refractivity contribution in [1.82, 2.24) is 10.9 Å². The first-order valence-corrected chi connectivity index (χ1v) is 9.33. The molecule has 154 valence electrons. The van der Waals surface area contributed by atoms with Gasteiger partial charge in [0, 0.05) is 5.02 Å². The molecule has 0 fully saturated rings. The van der Waals surface area contributed by atoms with Crippen LogP contribution in [0.1, 0.15) is 15.9 Å². The average Bonchev–Trinajstić information content (AvgIpc) is 2.77. The minimum Gasteiger partial charge on any atom is -0.489 e. The van der Waals surface area contributed by atoms with Gasteiger partial charge in [-0.15, -0.1) is 0 Å². The highest BCUT2D eigenvalue weighted by Crippen LogP contribution is 2.18. The van der Waals surface area contributed by atoms with E-state index in [1.165, 1.54) is 6.07 Å². The highest BCUT2D eigenvalue weighted by atomic mass is 35.5. The number of halogens is 2. The van der Waals surface area contributed by atoms with Gasteiger partial charge in [-0.2, -0.15) is 0 Å². The first-order chi connectivity index (χ1) is 14.5. The summed E-state index contributed by atoms with van der Waals surface area (Å²) in [7, 11) is 0. The van der Waals surface area contributed by atoms with Crippen molar-refractivity contribution in [3.05, 3.63) is 94.8 Å². The fraction of sp³-hybridized carbons (Fsp3) is 0.0909. The molecule has 3 rings (SSSR count). The summed E-state index contributed by atoms with van der Waals surface area (Å²) in [6.07, 6.45) is 0. The smallest absolute Gasteiger partial charge is 0.276 e. The van der Waals surface area contributed by atoms with E-state index in [1.54, 1.807) is 24.3 Å². The molecule has 0 heterocycles. The molecule has 0 aromatic heterocycles. The Morgan fingerprint density at radius 3 is 2.23 bits per heavy atom. The lowest BCUT2D eigenvalue weighted by Crippen LogP contribution is -2.44. The predicted octanol–water partition coefficient (Wildman–Crippen LogP) is 3.90. The summed E-state index contributed by atoms with van der Waals surface area (Å²) in [5.41, 5.74) is 5.02. The summed E-state index contributed by atoms with van der Waals surface area (Å²) in [5.74, 6) is -1.09. The van der Waals surface area contributed by atoms with Crippen LogP contribution in [0.5, 0.6) is 11.5 Å². The number of nitrogens with one attached hydrogen (secondary N) is 2. The molecular weight excluding hydrogens is 411 g/mol. The molecule has 0 aliphatic heterocycles. The van der Waals surface area contributed by atoms with Crippen molar-refractivity contribution in [2.75, 3.05) is 6.61 Å². The predicted molar refractivity (Wildman–Crippen MR) is 110 cm³/mol. The lowest BCUT2D eigenvalue weighted by molar-refractivity contribution is -0.123. The standard InChI is InChI=1S/C22H18ClFN2O4/c23-16-6-11-20(24)19(12-16)22(28)26-25-21(27)14-30-18-9-7-17(8-10-18)29-13-15-4-2-1-3-5-15/h1-12H,13-14H2,(H,25,27)(H,26,28). The SMILES string of the molecule is O=C(COc1ccc(OCc2ccccc2)cc1)NNC(=O)c1cc(Cl)ccc1F. The maximum Gasteiger partial charge on any atom is 0.276 e. The monoisotopic (exact) mass is 428 g/mol. The molecule has 0 spiro atoms. The summed E-state index contributed by atoms with van der Waals surface area (Å²) in [5, 5.41) is 0.201. The van der Waals surface area contributed by atoms with Crippen molar-refractivity contribution in [2.45, 2.75) is 6.61 Å². The molecule has 30 heavy (non-hydrogen) atoms. The van der Waals surface area contributed by atoms with Crippen molar-refractivity contribution in [1.29, 1.82) is 0 Å². The van der Waals surface area contributed by atoms with E-state index in [4.69, 9.17) is 21.1 Å². The Hall–Kier alpha value is -3.58. The zero-order valence-corrected chi connectivity index (χ0v) is 16.5. The van der Waals surface area contributed by atoms with Crippen LogP contribution in [0.4, 0.5) is 4.39 Å². The normalized spacial score (nSPS) is 10.2. The fourth-order valence-electron chi connectivity index (χ4n) is 2.42. The third kappa shape index (κ3) is 6.22. The van der Waals surface area contributed by atoms with E-state index in [0.29, 0.717) is 18.1 Å². The van der Waals surface area contributed by atoms with Gasteiger partial charge in [-0.3, -0.25) is 20.4 Å². The van der Waals surface area contributed by atoms with Crippen LogP contribution in [-0.4, -0.2) is 18.4 Å². The maximum atomic E-state index is 13.6. The van der Waals surface area contributed by atoms with Crippen LogP contribution in [0, 0.1) is 5.82 Å². The molecule has 2 N–H and O–H groups in total. The minimum atomic E-state index is -0.830. The van der Waals surface area contributed by atoms with Crippen molar-refractivity contribution in [3.8, 4) is 11.5 Å². The van der Waals surface area contributed by atoms with Crippen LogP contribution in [0.25, 0.3) is 0 Å². The van der Waals surface area contributed by atoms with Gasteiger partial charge in [0.25, 0.3) is 11.8 Å². The molecule has 2 amide bonds. The molecule has 0 aliphatic rings. The van der Waals surface area contributed by atoms with Gasteiger partial charge in [0.05, 0.1) is 5.56 Å². The van der Waals surface area contributed by atoms with Gasteiger partial charge in [-0.25, -0.2) is 4.39 Å². The molecule has 0 radical (unpaired) electrons. The third-order valence-electron chi connectivity index (χ3n) is 3.93. The molecular formula is C22H18ClFN2O4. The number of amides is 2. The molecule has 6 nitrogen and oxygen atoms in total. The Morgan fingerprint density at radius 1 is 0.867 bits per heavy atom. The first-order valence-electron chi connectivity index (χ1n) is 8.95. The van der Waals surface area contributed by atoms with Crippen LogP contribution < -0.4 is 20.3 Å². The maximum absolute atomic E-state index is 13.6. The lowest BCUT2D eigenvalue weighted by atomic mass is 10.2. The van der Waals surface area contributed by atoms with Crippen LogP contribution in [0.3, 0.4) is 0 Å². The number of carbonyl (C=O) groups excluding carboxylic acids is 2. The Labute approximate surface area is 177 Å². The summed E-state index contributed by atoms with van der Waals surface area (Å²) < 4.78 is 24.7. The summed E-state index contributed by atoms with van der Waals surface area (Å²) >= 11 is 5.74. The Morgan fingerprint density at radius 2 is 1.53 bits per heavy atom. The zero-order chi connectivity index (χ0) is 21.3. The van der Waals surface area contributed by atoms with Gasteiger partial charge in [0.15, 0.2) is 6.61 Å². The minimum absolute atomic E-state index is 0.201. The number of hydrazine groups is 1. The number of hydrogen-bond donors (Lipinski definition) is 2. The van der Waals surface area contributed by atoms with Crippen molar-refractivity contribution in [2.24, 2.45) is 0 Å². The number of benzene rings is 3. The third-order valence-corrected chi connectivity index (χ3v) is 4.17. The number of hydrogen-bond acceptors (Lipinski definition) is 4. The molecule has 0 atom stereocenters. The molecule has 3 aromatic rings. The molecule has 0 aliphatic carbocycles. The van der Waals surface area contributed by atoms with E-state index in [0.717, 1.165) is 17.7 Å². The second-order valence-electron chi connectivity index (χ2n) is 6.16. The number of rotatable bonds is 7. The van der Waals surface area contributed by atoms with Gasteiger partial charge in [-0.05, 0) is 48.0 Å². The largest absolute Gasteiger partial charge is 0.489 e. The summed E-state index contributed by atoms with van der Waals surface area (Å²) in [6, 6.07) is 20.1. The van der Waals surface area contributed by atoms with Gasteiger partial charge >= 0.3 is 0 Å².